The van der Waals surface area contributed by atoms with Gasteiger partial charge in [-0.2, -0.15) is 0 Å². The number of hydrogen-bond donors (Lipinski definition) is 0. The molecule has 0 aliphatic heterocycles. The van der Waals surface area contributed by atoms with Gasteiger partial charge in [-0.15, -0.1) is 0 Å². The van der Waals surface area contributed by atoms with Crippen LogP contribution in [-0.4, -0.2) is 0 Å². The molecule has 0 fully saturated rings. The van der Waals surface area contributed by atoms with Crippen LogP contribution in [0.1, 0.15) is 115 Å². The lowest BCUT2D eigenvalue weighted by molar-refractivity contribution is 0.529. The topological polar surface area (TPSA) is 13.1 Å². The van der Waals surface area contributed by atoms with Crippen molar-refractivity contribution in [2.45, 2.75) is 116 Å². The molecule has 1 aromatic heterocycles. The maximum absolute atomic E-state index is 6.16. The molecular formula is C30H44O. The fourth-order valence-electron chi connectivity index (χ4n) is 4.87. The van der Waals surface area contributed by atoms with E-state index in [9.17, 15) is 0 Å². The summed E-state index contributed by atoms with van der Waals surface area (Å²) in [6, 6.07) is 15.0. The first-order valence-electron chi connectivity index (χ1n) is 13.3. The van der Waals surface area contributed by atoms with Gasteiger partial charge in [0.2, 0.25) is 0 Å². The lowest BCUT2D eigenvalue weighted by Crippen LogP contribution is -1.87. The van der Waals surface area contributed by atoms with Gasteiger partial charge in [-0.05, 0) is 24.5 Å². The molecule has 2 aromatic carbocycles. The summed E-state index contributed by atoms with van der Waals surface area (Å²) in [6.45, 7) is 2.30. The van der Waals surface area contributed by atoms with Crippen LogP contribution in [0.25, 0.3) is 21.9 Å². The summed E-state index contributed by atoms with van der Waals surface area (Å²) < 4.78 is 6.16. The van der Waals surface area contributed by atoms with E-state index in [1.807, 2.05) is 0 Å². The van der Waals surface area contributed by atoms with Crippen molar-refractivity contribution in [1.29, 1.82) is 0 Å². The first-order chi connectivity index (χ1) is 15.4. The van der Waals surface area contributed by atoms with Crippen molar-refractivity contribution in [3.63, 3.8) is 0 Å². The Morgan fingerprint density at radius 1 is 0.516 bits per heavy atom. The first kappa shape index (κ1) is 23.9. The minimum Gasteiger partial charge on any atom is -0.456 e. The van der Waals surface area contributed by atoms with Gasteiger partial charge in [-0.25, -0.2) is 0 Å². The highest BCUT2D eigenvalue weighted by atomic mass is 16.3. The zero-order valence-corrected chi connectivity index (χ0v) is 20.0. The van der Waals surface area contributed by atoms with Crippen molar-refractivity contribution in [3.8, 4) is 0 Å². The second-order valence-corrected chi connectivity index (χ2v) is 9.45. The number of aryl methyl sites for hydroxylation is 1. The number of para-hydroxylation sites is 2. The largest absolute Gasteiger partial charge is 0.456 e. The van der Waals surface area contributed by atoms with Crippen LogP contribution in [0, 0.1) is 0 Å². The number of furan rings is 1. The van der Waals surface area contributed by atoms with Crippen molar-refractivity contribution in [1.82, 2.24) is 0 Å². The molecule has 0 radical (unpaired) electrons. The molecule has 0 N–H and O–H groups in total. The SMILES string of the molecule is CCCCCCCCCCCCCCCCCCc1cccc2c1oc1ccccc12. The van der Waals surface area contributed by atoms with Gasteiger partial charge in [0.25, 0.3) is 0 Å². The Hall–Kier alpha value is -1.76. The van der Waals surface area contributed by atoms with Crippen molar-refractivity contribution in [2.75, 3.05) is 0 Å². The van der Waals surface area contributed by atoms with Gasteiger partial charge in [0.1, 0.15) is 11.2 Å². The second kappa shape index (κ2) is 14.3. The molecule has 0 unspecified atom stereocenters. The van der Waals surface area contributed by atoms with Gasteiger partial charge in [-0.1, -0.05) is 140 Å². The fourth-order valence-corrected chi connectivity index (χ4v) is 4.87. The van der Waals surface area contributed by atoms with E-state index >= 15 is 0 Å². The molecule has 170 valence electrons. The molecule has 31 heavy (non-hydrogen) atoms. The van der Waals surface area contributed by atoms with E-state index in [0.29, 0.717) is 0 Å². The summed E-state index contributed by atoms with van der Waals surface area (Å²) in [5.41, 5.74) is 3.49. The third-order valence-electron chi connectivity index (χ3n) is 6.79. The molecule has 1 heterocycles. The first-order valence-corrected chi connectivity index (χ1v) is 13.3. The lowest BCUT2D eigenvalue weighted by atomic mass is 10.0. The van der Waals surface area contributed by atoms with Gasteiger partial charge in [-0.3, -0.25) is 0 Å². The number of rotatable bonds is 17. The molecule has 0 aliphatic rings. The Bertz CT molecular complexity index is 859. The van der Waals surface area contributed by atoms with Crippen LogP contribution in [0.5, 0.6) is 0 Å². The van der Waals surface area contributed by atoms with E-state index in [-0.39, 0.29) is 0 Å². The zero-order valence-electron chi connectivity index (χ0n) is 20.0. The predicted molar refractivity (Wildman–Crippen MR) is 137 cm³/mol. The van der Waals surface area contributed by atoms with Crippen LogP contribution >= 0.6 is 0 Å². The molecule has 0 saturated heterocycles. The third-order valence-corrected chi connectivity index (χ3v) is 6.79. The standard InChI is InChI=1S/C30H44O/c1-2-3-4-5-6-7-8-9-10-11-12-13-14-15-16-17-21-26-22-20-24-28-27-23-18-19-25-29(27)31-30(26)28/h18-20,22-25H,2-17,21H2,1H3. The highest BCUT2D eigenvalue weighted by Crippen LogP contribution is 2.31. The van der Waals surface area contributed by atoms with Crippen LogP contribution < -0.4 is 0 Å². The smallest absolute Gasteiger partial charge is 0.138 e. The minimum atomic E-state index is 1.01. The van der Waals surface area contributed by atoms with Gasteiger partial charge >= 0.3 is 0 Å². The van der Waals surface area contributed by atoms with E-state index in [1.165, 1.54) is 119 Å². The van der Waals surface area contributed by atoms with Crippen LogP contribution in [0.4, 0.5) is 0 Å². The Morgan fingerprint density at radius 2 is 1.03 bits per heavy atom. The average molecular weight is 421 g/mol. The van der Waals surface area contributed by atoms with Crippen LogP contribution in [-0.2, 0) is 6.42 Å². The Kier molecular flexibility index (Phi) is 11.0. The fraction of sp³-hybridized carbons (Fsp3) is 0.600. The average Bonchev–Trinajstić information content (AvgIpc) is 3.18. The van der Waals surface area contributed by atoms with Crippen LogP contribution in [0.15, 0.2) is 46.9 Å². The van der Waals surface area contributed by atoms with Crippen molar-refractivity contribution < 1.29 is 4.42 Å². The maximum atomic E-state index is 6.16. The Labute approximate surface area is 190 Å². The summed E-state index contributed by atoms with van der Waals surface area (Å²) in [5, 5.41) is 2.51. The van der Waals surface area contributed by atoms with E-state index in [4.69, 9.17) is 4.42 Å². The normalized spacial score (nSPS) is 11.6. The molecule has 0 spiro atoms. The van der Waals surface area contributed by atoms with Crippen molar-refractivity contribution >= 4 is 21.9 Å². The molecule has 3 aromatic rings. The summed E-state index contributed by atoms with van der Waals surface area (Å²) >= 11 is 0. The van der Waals surface area contributed by atoms with E-state index in [0.717, 1.165) is 17.6 Å². The molecule has 0 amide bonds. The predicted octanol–water partition coefficient (Wildman–Crippen LogP) is 10.4. The summed E-state index contributed by atoms with van der Waals surface area (Å²) in [6.07, 6.45) is 23.9. The molecule has 3 rings (SSSR count). The van der Waals surface area contributed by atoms with Gasteiger partial charge in [0, 0.05) is 10.8 Å². The van der Waals surface area contributed by atoms with E-state index in [1.54, 1.807) is 0 Å². The van der Waals surface area contributed by atoms with Gasteiger partial charge in [0.15, 0.2) is 0 Å². The molecule has 1 heteroatoms. The van der Waals surface area contributed by atoms with E-state index in [2.05, 4.69) is 49.4 Å². The molecular weight excluding hydrogens is 376 g/mol. The maximum Gasteiger partial charge on any atom is 0.138 e. The molecule has 0 saturated carbocycles. The van der Waals surface area contributed by atoms with E-state index < -0.39 is 0 Å². The summed E-state index contributed by atoms with van der Waals surface area (Å²) in [5.74, 6) is 0. The number of hydrogen-bond acceptors (Lipinski definition) is 1. The van der Waals surface area contributed by atoms with Gasteiger partial charge in [0.05, 0.1) is 0 Å². The molecule has 0 atom stereocenters. The lowest BCUT2D eigenvalue weighted by Gasteiger charge is -2.04. The second-order valence-electron chi connectivity index (χ2n) is 9.45. The molecule has 1 nitrogen and oxygen atoms in total. The number of fused-ring (bicyclic) bond motifs is 3. The molecule has 0 bridgehead atoms. The quantitative estimate of drug-likeness (QED) is 0.198. The number of unbranched alkanes of at least 4 members (excludes halogenated alkanes) is 15. The van der Waals surface area contributed by atoms with Crippen LogP contribution in [0.3, 0.4) is 0 Å². The summed E-state index contributed by atoms with van der Waals surface area (Å²) in [7, 11) is 0. The summed E-state index contributed by atoms with van der Waals surface area (Å²) in [4.78, 5) is 0. The Balaban J connectivity index is 1.19. The van der Waals surface area contributed by atoms with Crippen molar-refractivity contribution in [3.05, 3.63) is 48.0 Å². The number of benzene rings is 2. The Morgan fingerprint density at radius 3 is 1.65 bits per heavy atom. The van der Waals surface area contributed by atoms with Gasteiger partial charge < -0.3 is 4.42 Å². The van der Waals surface area contributed by atoms with Crippen LogP contribution in [0.2, 0.25) is 0 Å². The third kappa shape index (κ3) is 8.02. The zero-order chi connectivity index (χ0) is 21.6. The highest BCUT2D eigenvalue weighted by Gasteiger charge is 2.09. The van der Waals surface area contributed by atoms with Crippen molar-refractivity contribution in [2.24, 2.45) is 0 Å². The minimum absolute atomic E-state index is 1.01. The highest BCUT2D eigenvalue weighted by molar-refractivity contribution is 6.05. The molecule has 0 aliphatic carbocycles. The monoisotopic (exact) mass is 420 g/mol.